The maximum Gasteiger partial charge on any atom is 0.276 e. The average Bonchev–Trinajstić information content (AvgIpc) is 2.86. The number of carbonyl (C=O) groups is 1. The summed E-state index contributed by atoms with van der Waals surface area (Å²) in [4.78, 5) is 12.7. The summed E-state index contributed by atoms with van der Waals surface area (Å²) >= 11 is 7.48. The van der Waals surface area contributed by atoms with Crippen molar-refractivity contribution in [3.63, 3.8) is 0 Å². The van der Waals surface area contributed by atoms with Crippen molar-refractivity contribution in [1.82, 2.24) is 4.72 Å². The fraction of sp³-hybridized carbons (Fsp3) is 0.118. The van der Waals surface area contributed by atoms with Crippen LogP contribution >= 0.6 is 22.9 Å². The minimum Gasteiger partial charge on any atom is -0.267 e. The monoisotopic (exact) mass is 379 g/mol. The van der Waals surface area contributed by atoms with Gasteiger partial charge in [0.1, 0.15) is 4.88 Å². The van der Waals surface area contributed by atoms with Gasteiger partial charge in [-0.2, -0.15) is 0 Å². The number of thiophene rings is 1. The van der Waals surface area contributed by atoms with Crippen LogP contribution in [0, 0.1) is 13.8 Å². The van der Waals surface area contributed by atoms with Crippen molar-refractivity contribution in [2.75, 3.05) is 0 Å². The van der Waals surface area contributed by atoms with Crippen molar-refractivity contribution in [1.29, 1.82) is 0 Å². The van der Waals surface area contributed by atoms with Crippen LogP contribution in [0.3, 0.4) is 0 Å². The van der Waals surface area contributed by atoms with Gasteiger partial charge in [-0.15, -0.1) is 11.3 Å². The number of rotatable bonds is 3. The maximum absolute atomic E-state index is 12.4. The summed E-state index contributed by atoms with van der Waals surface area (Å²) in [5.41, 5.74) is 1.87. The van der Waals surface area contributed by atoms with Crippen molar-refractivity contribution < 1.29 is 13.2 Å². The van der Waals surface area contributed by atoms with E-state index in [4.69, 9.17) is 11.6 Å². The maximum atomic E-state index is 12.4. The van der Waals surface area contributed by atoms with Gasteiger partial charge in [0.2, 0.25) is 0 Å². The zero-order valence-corrected chi connectivity index (χ0v) is 15.3. The Balaban J connectivity index is 1.97. The number of hydrogen-bond donors (Lipinski definition) is 1. The normalized spacial score (nSPS) is 11.6. The van der Waals surface area contributed by atoms with E-state index in [2.05, 4.69) is 4.72 Å². The van der Waals surface area contributed by atoms with Crippen LogP contribution in [-0.4, -0.2) is 14.3 Å². The van der Waals surface area contributed by atoms with Gasteiger partial charge in [-0.3, -0.25) is 4.79 Å². The summed E-state index contributed by atoms with van der Waals surface area (Å²) < 4.78 is 27.6. The molecular formula is C17H14ClNO3S2. The quantitative estimate of drug-likeness (QED) is 0.738. The van der Waals surface area contributed by atoms with Crippen molar-refractivity contribution in [3.8, 4) is 0 Å². The molecule has 3 rings (SSSR count). The van der Waals surface area contributed by atoms with Crippen LogP contribution < -0.4 is 4.72 Å². The van der Waals surface area contributed by atoms with Crippen LogP contribution in [0.15, 0.2) is 47.4 Å². The van der Waals surface area contributed by atoms with E-state index in [-0.39, 0.29) is 14.8 Å². The minimum absolute atomic E-state index is 0.0369. The Labute approximate surface area is 149 Å². The third-order valence-corrected chi connectivity index (χ3v) is 6.62. The lowest BCUT2D eigenvalue weighted by Crippen LogP contribution is -2.30. The van der Waals surface area contributed by atoms with Gasteiger partial charge in [0, 0.05) is 10.1 Å². The van der Waals surface area contributed by atoms with E-state index in [1.807, 2.05) is 32.0 Å². The van der Waals surface area contributed by atoms with E-state index in [0.29, 0.717) is 0 Å². The average molecular weight is 380 g/mol. The Morgan fingerprint density at radius 2 is 1.75 bits per heavy atom. The summed E-state index contributed by atoms with van der Waals surface area (Å²) in [5, 5.41) is 1.06. The van der Waals surface area contributed by atoms with Gasteiger partial charge in [0.25, 0.3) is 15.9 Å². The third-order valence-electron chi connectivity index (χ3n) is 3.63. The molecule has 1 amide bonds. The van der Waals surface area contributed by atoms with Gasteiger partial charge in [0.05, 0.1) is 9.92 Å². The highest BCUT2D eigenvalue weighted by molar-refractivity contribution is 7.90. The molecule has 1 heterocycles. The molecule has 1 N–H and O–H groups in total. The summed E-state index contributed by atoms with van der Waals surface area (Å²) in [7, 11) is -3.94. The zero-order chi connectivity index (χ0) is 17.5. The van der Waals surface area contributed by atoms with E-state index in [1.54, 1.807) is 12.1 Å². The molecule has 0 aliphatic rings. The highest BCUT2D eigenvalue weighted by atomic mass is 35.5. The Morgan fingerprint density at radius 3 is 2.38 bits per heavy atom. The molecule has 7 heteroatoms. The van der Waals surface area contributed by atoms with Gasteiger partial charge in [-0.05, 0) is 37.6 Å². The van der Waals surface area contributed by atoms with Crippen LogP contribution in [0.4, 0.5) is 0 Å². The zero-order valence-electron chi connectivity index (χ0n) is 13.0. The van der Waals surface area contributed by atoms with Crippen LogP contribution in [0.25, 0.3) is 10.1 Å². The molecule has 0 radical (unpaired) electrons. The summed E-state index contributed by atoms with van der Waals surface area (Å²) in [6.45, 7) is 3.75. The van der Waals surface area contributed by atoms with Gasteiger partial charge in [0.15, 0.2) is 0 Å². The lowest BCUT2D eigenvalue weighted by molar-refractivity contribution is 0.0985. The number of sulfonamides is 1. The first-order valence-corrected chi connectivity index (χ1v) is 9.79. The summed E-state index contributed by atoms with van der Waals surface area (Å²) in [5.74, 6) is -0.721. The molecule has 4 nitrogen and oxygen atoms in total. The van der Waals surface area contributed by atoms with Gasteiger partial charge in [-0.25, -0.2) is 13.1 Å². The molecule has 0 aliphatic heterocycles. The van der Waals surface area contributed by atoms with Crippen LogP contribution in [0.2, 0.25) is 5.02 Å². The van der Waals surface area contributed by atoms with Crippen LogP contribution in [0.1, 0.15) is 20.8 Å². The molecule has 3 aromatic rings. The van der Waals surface area contributed by atoms with E-state index >= 15 is 0 Å². The highest BCUT2D eigenvalue weighted by Gasteiger charge is 2.23. The SMILES string of the molecule is Cc1ccc(S(=O)(=O)NC(=O)c2sc3cccc(C)c3c2Cl)cc1. The molecule has 0 saturated carbocycles. The second-order valence-electron chi connectivity index (χ2n) is 5.44. The fourth-order valence-corrected chi connectivity index (χ4v) is 4.96. The Bertz CT molecular complexity index is 1040. The molecule has 0 unspecified atom stereocenters. The summed E-state index contributed by atoms with van der Waals surface area (Å²) in [6.07, 6.45) is 0. The first kappa shape index (κ1) is 17.0. The van der Waals surface area contributed by atoms with Crippen molar-refractivity contribution in [2.45, 2.75) is 18.7 Å². The Kier molecular flexibility index (Phi) is 4.38. The number of benzene rings is 2. The van der Waals surface area contributed by atoms with Crippen LogP contribution in [0.5, 0.6) is 0 Å². The van der Waals surface area contributed by atoms with Gasteiger partial charge < -0.3 is 0 Å². The predicted octanol–water partition coefficient (Wildman–Crippen LogP) is 4.29. The molecule has 0 bridgehead atoms. The van der Waals surface area contributed by atoms with Crippen molar-refractivity contribution in [3.05, 3.63) is 63.5 Å². The molecule has 0 aliphatic carbocycles. The molecule has 24 heavy (non-hydrogen) atoms. The standard InChI is InChI=1S/C17H14ClNO3S2/c1-10-6-8-12(9-7-10)24(21,22)19-17(20)16-15(18)14-11(2)4-3-5-13(14)23-16/h3-9H,1-2H3,(H,19,20). The lowest BCUT2D eigenvalue weighted by Gasteiger charge is -2.06. The van der Waals surface area contributed by atoms with Gasteiger partial charge in [-0.1, -0.05) is 41.4 Å². The number of amides is 1. The van der Waals surface area contributed by atoms with Gasteiger partial charge >= 0.3 is 0 Å². The number of aryl methyl sites for hydroxylation is 2. The first-order chi connectivity index (χ1) is 11.3. The second kappa shape index (κ2) is 6.20. The number of hydrogen-bond acceptors (Lipinski definition) is 4. The highest BCUT2D eigenvalue weighted by Crippen LogP contribution is 2.37. The predicted molar refractivity (Wildman–Crippen MR) is 97.4 cm³/mol. The number of carbonyl (C=O) groups excluding carboxylic acids is 1. The van der Waals surface area contributed by atoms with Crippen LogP contribution in [-0.2, 0) is 10.0 Å². The minimum atomic E-state index is -3.94. The fourth-order valence-electron chi connectivity index (χ4n) is 2.37. The number of fused-ring (bicyclic) bond motifs is 1. The topological polar surface area (TPSA) is 63.2 Å². The van der Waals surface area contributed by atoms with Crippen molar-refractivity contribution >= 4 is 49.0 Å². The van der Waals surface area contributed by atoms with E-state index in [0.717, 1.165) is 21.2 Å². The Morgan fingerprint density at radius 1 is 1.08 bits per heavy atom. The molecule has 0 spiro atoms. The van der Waals surface area contributed by atoms with Crippen molar-refractivity contribution in [2.24, 2.45) is 0 Å². The Hall–Kier alpha value is -1.89. The summed E-state index contributed by atoms with van der Waals surface area (Å²) in [6, 6.07) is 11.9. The first-order valence-electron chi connectivity index (χ1n) is 7.11. The number of halogens is 1. The molecular weight excluding hydrogens is 366 g/mol. The second-order valence-corrected chi connectivity index (χ2v) is 8.55. The van der Waals surface area contributed by atoms with E-state index in [9.17, 15) is 13.2 Å². The molecule has 0 fully saturated rings. The number of nitrogens with one attached hydrogen (secondary N) is 1. The molecule has 2 aromatic carbocycles. The molecule has 124 valence electrons. The smallest absolute Gasteiger partial charge is 0.267 e. The third kappa shape index (κ3) is 3.05. The van der Waals surface area contributed by atoms with E-state index in [1.165, 1.54) is 23.5 Å². The molecule has 1 aromatic heterocycles. The lowest BCUT2D eigenvalue weighted by atomic mass is 10.1. The molecule has 0 atom stereocenters. The molecule has 0 saturated heterocycles. The van der Waals surface area contributed by atoms with E-state index < -0.39 is 15.9 Å². The largest absolute Gasteiger partial charge is 0.276 e.